The summed E-state index contributed by atoms with van der Waals surface area (Å²) in [6.45, 7) is 3.78. The van der Waals surface area contributed by atoms with Gasteiger partial charge < -0.3 is 9.47 Å². The van der Waals surface area contributed by atoms with Gasteiger partial charge in [-0.15, -0.1) is 0 Å². The molecule has 134 valence electrons. The van der Waals surface area contributed by atoms with Gasteiger partial charge in [0.2, 0.25) is 0 Å². The molecule has 0 radical (unpaired) electrons. The molecule has 0 spiro atoms. The number of rotatable bonds is 6. The molecule has 5 nitrogen and oxygen atoms in total. The maximum absolute atomic E-state index is 12.5. The van der Waals surface area contributed by atoms with Crippen LogP contribution in [0.5, 0.6) is 11.5 Å². The Morgan fingerprint density at radius 3 is 2.31 bits per heavy atom. The number of nitrogens with zero attached hydrogens (tertiary/aromatic N) is 2. The highest BCUT2D eigenvalue weighted by atomic mass is 16.5. The predicted molar refractivity (Wildman–Crippen MR) is 100 cm³/mol. The molecule has 0 aliphatic carbocycles. The zero-order valence-corrected chi connectivity index (χ0v) is 15.2. The summed E-state index contributed by atoms with van der Waals surface area (Å²) in [5.41, 5.74) is 3.99. The van der Waals surface area contributed by atoms with Crippen molar-refractivity contribution in [2.45, 2.75) is 20.3 Å². The molecule has 26 heavy (non-hydrogen) atoms. The quantitative estimate of drug-likeness (QED) is 0.678. The second-order valence-corrected chi connectivity index (χ2v) is 6.08. The van der Waals surface area contributed by atoms with Crippen molar-refractivity contribution in [2.75, 3.05) is 13.7 Å². The molecular weight excluding hydrogens is 328 g/mol. The number of aryl methyl sites for hydroxylation is 1. The Labute approximate surface area is 153 Å². The second-order valence-electron chi connectivity index (χ2n) is 6.08. The van der Waals surface area contributed by atoms with Gasteiger partial charge in [-0.25, -0.2) is 4.68 Å². The van der Waals surface area contributed by atoms with E-state index in [1.165, 1.54) is 10.2 Å². The minimum absolute atomic E-state index is 0.0704. The SMILES string of the molecule is COc1ccc(OCC(=O)n2nc(C)c(Cc3ccccc3)c2C)cc1. The molecule has 1 heterocycles. The molecule has 3 aromatic rings. The smallest absolute Gasteiger partial charge is 0.284 e. The summed E-state index contributed by atoms with van der Waals surface area (Å²) in [4.78, 5) is 12.5. The van der Waals surface area contributed by atoms with Gasteiger partial charge in [-0.1, -0.05) is 30.3 Å². The fourth-order valence-electron chi connectivity index (χ4n) is 2.85. The Kier molecular flexibility index (Phi) is 5.37. The standard InChI is InChI=1S/C21H22N2O3/c1-15-20(13-17-7-5-4-6-8-17)16(2)23(22-15)21(24)14-26-19-11-9-18(25-3)10-12-19/h4-12H,13-14H2,1-3H3. The first-order valence-corrected chi connectivity index (χ1v) is 8.47. The number of ether oxygens (including phenoxy) is 2. The summed E-state index contributed by atoms with van der Waals surface area (Å²) in [5, 5.41) is 4.41. The lowest BCUT2D eigenvalue weighted by Gasteiger charge is -2.08. The molecule has 0 saturated carbocycles. The normalized spacial score (nSPS) is 10.6. The highest BCUT2D eigenvalue weighted by Crippen LogP contribution is 2.19. The third-order valence-electron chi connectivity index (χ3n) is 4.32. The van der Waals surface area contributed by atoms with Gasteiger partial charge in [-0.3, -0.25) is 4.79 Å². The summed E-state index contributed by atoms with van der Waals surface area (Å²) in [6.07, 6.45) is 0.755. The first-order chi connectivity index (χ1) is 12.6. The summed E-state index contributed by atoms with van der Waals surface area (Å²) in [6, 6.07) is 17.3. The Balaban J connectivity index is 1.70. The van der Waals surface area contributed by atoms with E-state index in [1.54, 1.807) is 31.4 Å². The maximum Gasteiger partial charge on any atom is 0.284 e. The van der Waals surface area contributed by atoms with Gasteiger partial charge in [0.05, 0.1) is 12.8 Å². The number of carbonyl (C=O) groups excluding carboxylic acids is 1. The van der Waals surface area contributed by atoms with E-state index in [1.807, 2.05) is 32.0 Å². The van der Waals surface area contributed by atoms with Gasteiger partial charge in [0.15, 0.2) is 6.61 Å². The van der Waals surface area contributed by atoms with E-state index in [-0.39, 0.29) is 12.5 Å². The van der Waals surface area contributed by atoms with Gasteiger partial charge in [0, 0.05) is 17.7 Å². The van der Waals surface area contributed by atoms with Gasteiger partial charge in [-0.05, 0) is 43.7 Å². The van der Waals surface area contributed by atoms with E-state index >= 15 is 0 Å². The maximum atomic E-state index is 12.5. The minimum atomic E-state index is -0.194. The van der Waals surface area contributed by atoms with Crippen LogP contribution in [0.15, 0.2) is 54.6 Å². The van der Waals surface area contributed by atoms with Crippen LogP contribution in [-0.4, -0.2) is 29.4 Å². The van der Waals surface area contributed by atoms with Gasteiger partial charge >= 0.3 is 0 Å². The highest BCUT2D eigenvalue weighted by Gasteiger charge is 2.17. The van der Waals surface area contributed by atoms with Crippen LogP contribution < -0.4 is 9.47 Å². The zero-order valence-electron chi connectivity index (χ0n) is 15.2. The lowest BCUT2D eigenvalue weighted by Crippen LogP contribution is -2.21. The van der Waals surface area contributed by atoms with Crippen LogP contribution in [0, 0.1) is 13.8 Å². The Morgan fingerprint density at radius 1 is 1.00 bits per heavy atom. The number of hydrogen-bond donors (Lipinski definition) is 0. The zero-order chi connectivity index (χ0) is 18.5. The second kappa shape index (κ2) is 7.87. The molecule has 0 aliphatic heterocycles. The van der Waals surface area contributed by atoms with Crippen molar-refractivity contribution in [3.8, 4) is 11.5 Å². The monoisotopic (exact) mass is 350 g/mol. The van der Waals surface area contributed by atoms with E-state index in [4.69, 9.17) is 9.47 Å². The van der Waals surface area contributed by atoms with Crippen molar-refractivity contribution >= 4 is 5.91 Å². The van der Waals surface area contributed by atoms with E-state index in [2.05, 4.69) is 17.2 Å². The number of aromatic nitrogens is 2. The molecule has 0 amide bonds. The summed E-state index contributed by atoms with van der Waals surface area (Å²) in [7, 11) is 1.61. The van der Waals surface area contributed by atoms with E-state index in [0.717, 1.165) is 29.1 Å². The van der Waals surface area contributed by atoms with Crippen LogP contribution in [0.25, 0.3) is 0 Å². The third-order valence-corrected chi connectivity index (χ3v) is 4.32. The van der Waals surface area contributed by atoms with Crippen LogP contribution in [0.1, 0.15) is 27.3 Å². The van der Waals surface area contributed by atoms with Gasteiger partial charge in [0.25, 0.3) is 5.91 Å². The van der Waals surface area contributed by atoms with Crippen LogP contribution >= 0.6 is 0 Å². The molecular formula is C21H22N2O3. The third kappa shape index (κ3) is 3.94. The Bertz CT molecular complexity index is 884. The van der Waals surface area contributed by atoms with Crippen molar-refractivity contribution in [1.29, 1.82) is 0 Å². The number of methoxy groups -OCH3 is 1. The van der Waals surface area contributed by atoms with Gasteiger partial charge in [-0.2, -0.15) is 5.10 Å². The molecule has 2 aromatic carbocycles. The molecule has 0 unspecified atom stereocenters. The number of carbonyl (C=O) groups is 1. The van der Waals surface area contributed by atoms with Gasteiger partial charge in [0.1, 0.15) is 11.5 Å². The van der Waals surface area contributed by atoms with Crippen molar-refractivity contribution < 1.29 is 14.3 Å². The molecule has 5 heteroatoms. The molecule has 3 rings (SSSR count). The molecule has 0 saturated heterocycles. The van der Waals surface area contributed by atoms with Crippen molar-refractivity contribution in [2.24, 2.45) is 0 Å². The topological polar surface area (TPSA) is 53.4 Å². The number of benzene rings is 2. The fourth-order valence-corrected chi connectivity index (χ4v) is 2.85. The predicted octanol–water partition coefficient (Wildman–Crippen LogP) is 3.82. The van der Waals surface area contributed by atoms with Crippen molar-refractivity contribution in [3.05, 3.63) is 77.1 Å². The Hall–Kier alpha value is -3.08. The highest BCUT2D eigenvalue weighted by molar-refractivity contribution is 5.80. The van der Waals surface area contributed by atoms with Crippen LogP contribution in [-0.2, 0) is 6.42 Å². The van der Waals surface area contributed by atoms with Crippen molar-refractivity contribution in [1.82, 2.24) is 9.78 Å². The van der Waals surface area contributed by atoms with Crippen LogP contribution in [0.4, 0.5) is 0 Å². The van der Waals surface area contributed by atoms with E-state index in [0.29, 0.717) is 5.75 Å². The van der Waals surface area contributed by atoms with Crippen LogP contribution in [0.3, 0.4) is 0 Å². The molecule has 0 bridgehead atoms. The summed E-state index contributed by atoms with van der Waals surface area (Å²) < 4.78 is 12.1. The largest absolute Gasteiger partial charge is 0.497 e. The van der Waals surface area contributed by atoms with Crippen molar-refractivity contribution in [3.63, 3.8) is 0 Å². The Morgan fingerprint density at radius 2 is 1.65 bits per heavy atom. The first-order valence-electron chi connectivity index (χ1n) is 8.47. The average Bonchev–Trinajstić information content (AvgIpc) is 2.95. The van der Waals surface area contributed by atoms with E-state index in [9.17, 15) is 4.79 Å². The first kappa shape index (κ1) is 17.7. The molecule has 0 aliphatic rings. The lowest BCUT2D eigenvalue weighted by atomic mass is 10.0. The summed E-state index contributed by atoms with van der Waals surface area (Å²) in [5.74, 6) is 1.17. The lowest BCUT2D eigenvalue weighted by molar-refractivity contribution is 0.0818. The average molecular weight is 350 g/mol. The molecule has 0 atom stereocenters. The minimum Gasteiger partial charge on any atom is -0.497 e. The fraction of sp³-hybridized carbons (Fsp3) is 0.238. The number of hydrogen-bond acceptors (Lipinski definition) is 4. The van der Waals surface area contributed by atoms with E-state index < -0.39 is 0 Å². The molecule has 1 aromatic heterocycles. The molecule has 0 N–H and O–H groups in total. The molecule has 0 fully saturated rings. The summed E-state index contributed by atoms with van der Waals surface area (Å²) >= 11 is 0. The van der Waals surface area contributed by atoms with Crippen LogP contribution in [0.2, 0.25) is 0 Å².